The van der Waals surface area contributed by atoms with Crippen molar-refractivity contribution in [2.75, 3.05) is 21.3 Å². The zero-order chi connectivity index (χ0) is 18.9. The van der Waals surface area contributed by atoms with Gasteiger partial charge in [-0.1, -0.05) is 29.8 Å². The number of ether oxygens (including phenoxy) is 2. The molecule has 0 aromatic heterocycles. The Morgan fingerprint density at radius 3 is 2.19 bits per heavy atom. The van der Waals surface area contributed by atoms with Crippen molar-refractivity contribution in [2.45, 2.75) is 13.1 Å². The molecule has 2 aromatic rings. The highest BCUT2D eigenvalue weighted by atomic mass is 127. The van der Waals surface area contributed by atoms with E-state index < -0.39 is 5.97 Å². The topological polar surface area (TPSA) is 72.0 Å². The first-order valence-electron chi connectivity index (χ1n) is 8.01. The standard InChI is InChI=1S/C19H22ClN3O3.HI/c1-21-19(22-11-13-4-7-15(20)8-5-13)23-12-14-6-9-17(25-2)16(10-14)18(24)26-3;/h4-10H,11-12H2,1-3H3,(H2,21,22,23);1H. The van der Waals surface area contributed by atoms with Gasteiger partial charge < -0.3 is 20.1 Å². The number of benzene rings is 2. The average Bonchev–Trinajstić information content (AvgIpc) is 2.68. The van der Waals surface area contributed by atoms with Gasteiger partial charge in [0.05, 0.1) is 14.2 Å². The molecule has 0 saturated heterocycles. The maximum absolute atomic E-state index is 11.9. The van der Waals surface area contributed by atoms with Crippen molar-refractivity contribution in [1.82, 2.24) is 10.6 Å². The second-order valence-corrected chi connectivity index (χ2v) is 5.87. The van der Waals surface area contributed by atoms with E-state index in [1.807, 2.05) is 30.3 Å². The molecule has 0 saturated carbocycles. The summed E-state index contributed by atoms with van der Waals surface area (Å²) < 4.78 is 9.99. The molecular formula is C19H23ClIN3O3. The minimum Gasteiger partial charge on any atom is -0.496 e. The Morgan fingerprint density at radius 1 is 1.04 bits per heavy atom. The summed E-state index contributed by atoms with van der Waals surface area (Å²) in [6.45, 7) is 1.11. The van der Waals surface area contributed by atoms with Crippen LogP contribution in [0.3, 0.4) is 0 Å². The first-order chi connectivity index (χ1) is 12.6. The molecule has 0 radical (unpaired) electrons. The van der Waals surface area contributed by atoms with E-state index >= 15 is 0 Å². The fourth-order valence-corrected chi connectivity index (χ4v) is 2.46. The van der Waals surface area contributed by atoms with Crippen molar-refractivity contribution in [1.29, 1.82) is 0 Å². The van der Waals surface area contributed by atoms with Crippen molar-refractivity contribution in [2.24, 2.45) is 4.99 Å². The molecule has 146 valence electrons. The molecule has 0 aliphatic heterocycles. The predicted octanol–water partition coefficient (Wildman–Crippen LogP) is 3.62. The Labute approximate surface area is 181 Å². The SMILES string of the molecule is CN=C(NCc1ccc(Cl)cc1)NCc1ccc(OC)c(C(=O)OC)c1.I. The lowest BCUT2D eigenvalue weighted by atomic mass is 10.1. The minimum absolute atomic E-state index is 0. The number of carbonyl (C=O) groups is 1. The highest BCUT2D eigenvalue weighted by Gasteiger charge is 2.13. The Bertz CT molecular complexity index is 782. The molecule has 0 heterocycles. The van der Waals surface area contributed by atoms with Crippen molar-refractivity contribution in [3.05, 3.63) is 64.2 Å². The molecule has 0 atom stereocenters. The van der Waals surface area contributed by atoms with Crippen LogP contribution in [0.5, 0.6) is 5.75 Å². The number of halogens is 2. The summed E-state index contributed by atoms with van der Waals surface area (Å²) in [5, 5.41) is 7.14. The van der Waals surface area contributed by atoms with E-state index in [1.54, 1.807) is 19.2 Å². The third-order valence-corrected chi connectivity index (χ3v) is 3.98. The van der Waals surface area contributed by atoms with Crippen LogP contribution in [0.1, 0.15) is 21.5 Å². The number of aliphatic imine (C=N–C) groups is 1. The smallest absolute Gasteiger partial charge is 0.341 e. The Hall–Kier alpha value is -2.00. The number of nitrogens with one attached hydrogen (secondary N) is 2. The van der Waals surface area contributed by atoms with Gasteiger partial charge in [0.25, 0.3) is 0 Å². The maximum Gasteiger partial charge on any atom is 0.341 e. The first-order valence-corrected chi connectivity index (χ1v) is 8.39. The quantitative estimate of drug-likeness (QED) is 0.273. The van der Waals surface area contributed by atoms with Gasteiger partial charge in [-0.25, -0.2) is 4.79 Å². The largest absolute Gasteiger partial charge is 0.496 e. The molecule has 2 aromatic carbocycles. The molecule has 0 bridgehead atoms. The molecular weight excluding hydrogens is 481 g/mol. The summed E-state index contributed by atoms with van der Waals surface area (Å²) in [4.78, 5) is 16.1. The van der Waals surface area contributed by atoms with Crippen molar-refractivity contribution in [3.63, 3.8) is 0 Å². The lowest BCUT2D eigenvalue weighted by Gasteiger charge is -2.13. The van der Waals surface area contributed by atoms with Crippen LogP contribution < -0.4 is 15.4 Å². The number of hydrogen-bond donors (Lipinski definition) is 2. The second-order valence-electron chi connectivity index (χ2n) is 5.43. The Morgan fingerprint density at radius 2 is 1.63 bits per heavy atom. The summed E-state index contributed by atoms with van der Waals surface area (Å²) in [7, 11) is 4.56. The van der Waals surface area contributed by atoms with E-state index in [0.717, 1.165) is 11.1 Å². The number of hydrogen-bond acceptors (Lipinski definition) is 4. The second kappa shape index (κ2) is 11.7. The zero-order valence-corrected chi connectivity index (χ0v) is 18.5. The fourth-order valence-electron chi connectivity index (χ4n) is 2.33. The number of guanidine groups is 1. The summed E-state index contributed by atoms with van der Waals surface area (Å²) in [5.41, 5.74) is 2.38. The normalized spacial score (nSPS) is 10.6. The van der Waals surface area contributed by atoms with Gasteiger partial charge in [0.15, 0.2) is 5.96 Å². The lowest BCUT2D eigenvalue weighted by molar-refractivity contribution is 0.0597. The molecule has 6 nitrogen and oxygen atoms in total. The van der Waals surface area contributed by atoms with Crippen LogP contribution in [-0.4, -0.2) is 33.2 Å². The number of methoxy groups -OCH3 is 2. The summed E-state index contributed by atoms with van der Waals surface area (Å²) in [6.07, 6.45) is 0. The molecule has 27 heavy (non-hydrogen) atoms. The van der Waals surface area contributed by atoms with Gasteiger partial charge in [-0.15, -0.1) is 24.0 Å². The van der Waals surface area contributed by atoms with Gasteiger partial charge in [-0.2, -0.15) is 0 Å². The molecule has 0 aliphatic carbocycles. The first kappa shape index (κ1) is 23.0. The van der Waals surface area contributed by atoms with E-state index in [0.29, 0.717) is 35.4 Å². The van der Waals surface area contributed by atoms with Crippen LogP contribution in [0.25, 0.3) is 0 Å². The van der Waals surface area contributed by atoms with Gasteiger partial charge in [0.1, 0.15) is 11.3 Å². The van der Waals surface area contributed by atoms with Gasteiger partial charge in [0, 0.05) is 25.2 Å². The van der Waals surface area contributed by atoms with Crippen LogP contribution in [0.4, 0.5) is 0 Å². The van der Waals surface area contributed by atoms with Crippen LogP contribution in [-0.2, 0) is 17.8 Å². The number of nitrogens with zero attached hydrogens (tertiary/aromatic N) is 1. The molecule has 2 N–H and O–H groups in total. The van der Waals surface area contributed by atoms with Crippen molar-refractivity contribution < 1.29 is 14.3 Å². The van der Waals surface area contributed by atoms with Crippen molar-refractivity contribution in [3.8, 4) is 5.75 Å². The fraction of sp³-hybridized carbons (Fsp3) is 0.263. The van der Waals surface area contributed by atoms with E-state index in [1.165, 1.54) is 14.2 Å². The van der Waals surface area contributed by atoms with E-state index in [4.69, 9.17) is 21.1 Å². The van der Waals surface area contributed by atoms with E-state index in [2.05, 4.69) is 15.6 Å². The average molecular weight is 504 g/mol. The summed E-state index contributed by atoms with van der Waals surface area (Å²) in [5.74, 6) is 0.690. The molecule has 0 amide bonds. The van der Waals surface area contributed by atoms with E-state index in [-0.39, 0.29) is 24.0 Å². The zero-order valence-electron chi connectivity index (χ0n) is 15.4. The minimum atomic E-state index is -0.436. The molecule has 0 aliphatic rings. The summed E-state index contributed by atoms with van der Waals surface area (Å²) in [6, 6.07) is 13.0. The monoisotopic (exact) mass is 503 g/mol. The molecule has 2 rings (SSSR count). The Balaban J connectivity index is 0.00000364. The van der Waals surface area contributed by atoms with Gasteiger partial charge >= 0.3 is 5.97 Å². The summed E-state index contributed by atoms with van der Waals surface area (Å²) >= 11 is 5.89. The maximum atomic E-state index is 11.9. The van der Waals surface area contributed by atoms with Crippen LogP contribution >= 0.6 is 35.6 Å². The van der Waals surface area contributed by atoms with Crippen molar-refractivity contribution >= 4 is 47.5 Å². The van der Waals surface area contributed by atoms with E-state index in [9.17, 15) is 4.79 Å². The number of carbonyl (C=O) groups excluding carboxylic acids is 1. The van der Waals surface area contributed by atoms with Gasteiger partial charge in [-0.3, -0.25) is 4.99 Å². The molecule has 0 fully saturated rings. The van der Waals surface area contributed by atoms with Crippen LogP contribution in [0.2, 0.25) is 5.02 Å². The number of rotatable bonds is 6. The molecule has 8 heteroatoms. The highest BCUT2D eigenvalue weighted by Crippen LogP contribution is 2.20. The Kier molecular flexibility index (Phi) is 9.95. The van der Waals surface area contributed by atoms with Gasteiger partial charge in [0.2, 0.25) is 0 Å². The lowest BCUT2D eigenvalue weighted by Crippen LogP contribution is -2.36. The van der Waals surface area contributed by atoms with Crippen LogP contribution in [0, 0.1) is 0 Å². The van der Waals surface area contributed by atoms with Gasteiger partial charge in [-0.05, 0) is 35.4 Å². The third kappa shape index (κ3) is 6.91. The molecule has 0 spiro atoms. The number of esters is 1. The van der Waals surface area contributed by atoms with Crippen LogP contribution in [0.15, 0.2) is 47.5 Å². The molecule has 0 unspecified atom stereocenters. The highest BCUT2D eigenvalue weighted by molar-refractivity contribution is 14.0. The third-order valence-electron chi connectivity index (χ3n) is 3.73. The predicted molar refractivity (Wildman–Crippen MR) is 118 cm³/mol.